The van der Waals surface area contributed by atoms with Gasteiger partial charge in [0.2, 0.25) is 0 Å². The summed E-state index contributed by atoms with van der Waals surface area (Å²) in [7, 11) is 3.86. The molecular formula is C10H24N2O. The molecule has 0 aromatic heterocycles. The third-order valence-corrected chi connectivity index (χ3v) is 1.90. The number of ether oxygens (including phenoxy) is 1. The Morgan fingerprint density at radius 1 is 1.31 bits per heavy atom. The molecule has 0 aromatic rings. The molecule has 0 aromatic carbocycles. The zero-order chi connectivity index (χ0) is 10.1. The van der Waals surface area contributed by atoms with Crippen LogP contribution in [0.25, 0.3) is 0 Å². The normalized spacial score (nSPS) is 11.5. The molecule has 0 amide bonds. The van der Waals surface area contributed by atoms with Gasteiger partial charge in [-0.2, -0.15) is 0 Å². The van der Waals surface area contributed by atoms with Gasteiger partial charge in [-0.1, -0.05) is 13.8 Å². The number of hydrogen-bond acceptors (Lipinski definition) is 3. The summed E-state index contributed by atoms with van der Waals surface area (Å²) in [6.45, 7) is 9.55. The number of hydrogen-bond donors (Lipinski definition) is 1. The van der Waals surface area contributed by atoms with E-state index in [0.29, 0.717) is 0 Å². The molecule has 0 heterocycles. The number of nitrogens with zero attached hydrogens (tertiary/aromatic N) is 1. The fourth-order valence-electron chi connectivity index (χ4n) is 1.02. The first-order chi connectivity index (χ1) is 6.16. The summed E-state index contributed by atoms with van der Waals surface area (Å²) in [6, 6.07) is 0. The van der Waals surface area contributed by atoms with Gasteiger partial charge in [0.15, 0.2) is 0 Å². The lowest BCUT2D eigenvalue weighted by Gasteiger charge is -2.16. The summed E-state index contributed by atoms with van der Waals surface area (Å²) in [5, 5.41) is 3.41. The van der Waals surface area contributed by atoms with Crippen LogP contribution in [0.5, 0.6) is 0 Å². The third-order valence-electron chi connectivity index (χ3n) is 1.90. The minimum absolute atomic E-state index is 0.740. The summed E-state index contributed by atoms with van der Waals surface area (Å²) < 4.78 is 4.99. The van der Waals surface area contributed by atoms with Crippen LogP contribution in [-0.2, 0) is 4.74 Å². The molecule has 0 spiro atoms. The second-order valence-corrected chi connectivity index (χ2v) is 3.89. The van der Waals surface area contributed by atoms with Gasteiger partial charge in [0, 0.05) is 26.7 Å². The molecule has 0 saturated heterocycles. The lowest BCUT2D eigenvalue weighted by atomic mass is 10.2. The quantitative estimate of drug-likeness (QED) is 0.571. The molecule has 13 heavy (non-hydrogen) atoms. The average molecular weight is 188 g/mol. The summed E-state index contributed by atoms with van der Waals surface area (Å²) in [6.07, 6.45) is 0. The van der Waals surface area contributed by atoms with Gasteiger partial charge in [-0.05, 0) is 19.5 Å². The second-order valence-electron chi connectivity index (χ2n) is 3.89. The van der Waals surface area contributed by atoms with Gasteiger partial charge in [0.1, 0.15) is 0 Å². The molecule has 0 atom stereocenters. The van der Waals surface area contributed by atoms with Gasteiger partial charge in [0.05, 0.1) is 6.61 Å². The van der Waals surface area contributed by atoms with Gasteiger partial charge in [-0.25, -0.2) is 0 Å². The predicted octanol–water partition coefficient (Wildman–Crippen LogP) is 0.810. The van der Waals surface area contributed by atoms with E-state index in [1.807, 2.05) is 0 Å². The highest BCUT2D eigenvalue weighted by Gasteiger charge is 1.97. The fraction of sp³-hybridized carbons (Fsp3) is 1.00. The molecule has 3 heteroatoms. The van der Waals surface area contributed by atoms with Crippen molar-refractivity contribution in [2.24, 2.45) is 5.92 Å². The minimum atomic E-state index is 0.740. The van der Waals surface area contributed by atoms with Gasteiger partial charge in [-0.15, -0.1) is 0 Å². The smallest absolute Gasteiger partial charge is 0.0589 e. The van der Waals surface area contributed by atoms with Crippen LogP contribution in [0, 0.1) is 5.92 Å². The molecule has 80 valence electrons. The molecule has 0 saturated carbocycles. The SMILES string of the molecule is COCCN(C)CCNCC(C)C. The van der Waals surface area contributed by atoms with E-state index in [1.165, 1.54) is 0 Å². The first-order valence-corrected chi connectivity index (χ1v) is 5.05. The molecule has 3 nitrogen and oxygen atoms in total. The molecule has 0 rings (SSSR count). The van der Waals surface area contributed by atoms with Gasteiger partial charge >= 0.3 is 0 Å². The lowest BCUT2D eigenvalue weighted by molar-refractivity contribution is 0.161. The summed E-state index contributed by atoms with van der Waals surface area (Å²) >= 11 is 0. The molecule has 1 N–H and O–H groups in total. The Morgan fingerprint density at radius 3 is 2.54 bits per heavy atom. The van der Waals surface area contributed by atoms with E-state index in [2.05, 4.69) is 31.1 Å². The molecule has 0 unspecified atom stereocenters. The Bertz CT molecular complexity index is 107. The van der Waals surface area contributed by atoms with E-state index in [4.69, 9.17) is 4.74 Å². The number of methoxy groups -OCH3 is 1. The fourth-order valence-corrected chi connectivity index (χ4v) is 1.02. The largest absolute Gasteiger partial charge is 0.383 e. The topological polar surface area (TPSA) is 24.5 Å². The maximum Gasteiger partial charge on any atom is 0.0589 e. The van der Waals surface area contributed by atoms with Crippen molar-refractivity contribution < 1.29 is 4.74 Å². The van der Waals surface area contributed by atoms with Crippen LogP contribution in [0.3, 0.4) is 0 Å². The maximum atomic E-state index is 4.99. The molecule has 0 aliphatic rings. The van der Waals surface area contributed by atoms with Crippen molar-refractivity contribution >= 4 is 0 Å². The van der Waals surface area contributed by atoms with Crippen LogP contribution < -0.4 is 5.32 Å². The number of likely N-dealkylation sites (N-methyl/N-ethyl adjacent to an activating group) is 1. The first kappa shape index (κ1) is 12.9. The summed E-state index contributed by atoms with van der Waals surface area (Å²) in [4.78, 5) is 2.27. The Labute approximate surface area is 82.4 Å². The standard InChI is InChI=1S/C10H24N2O/c1-10(2)9-11-5-6-12(3)7-8-13-4/h10-11H,5-9H2,1-4H3. The van der Waals surface area contributed by atoms with Crippen molar-refractivity contribution in [1.82, 2.24) is 10.2 Å². The van der Waals surface area contributed by atoms with Gasteiger partial charge in [0.25, 0.3) is 0 Å². The van der Waals surface area contributed by atoms with Crippen LogP contribution in [0.15, 0.2) is 0 Å². The van der Waals surface area contributed by atoms with E-state index in [0.717, 1.165) is 38.7 Å². The molecule has 0 bridgehead atoms. The molecular weight excluding hydrogens is 164 g/mol. The van der Waals surface area contributed by atoms with E-state index >= 15 is 0 Å². The summed E-state index contributed by atoms with van der Waals surface area (Å²) in [5.74, 6) is 0.740. The van der Waals surface area contributed by atoms with Crippen molar-refractivity contribution in [3.63, 3.8) is 0 Å². The third kappa shape index (κ3) is 9.80. The van der Waals surface area contributed by atoms with Crippen LogP contribution in [0.1, 0.15) is 13.8 Å². The van der Waals surface area contributed by atoms with Crippen LogP contribution in [-0.4, -0.2) is 51.8 Å². The monoisotopic (exact) mass is 188 g/mol. The Morgan fingerprint density at radius 2 is 2.00 bits per heavy atom. The zero-order valence-electron chi connectivity index (χ0n) is 9.47. The van der Waals surface area contributed by atoms with Crippen molar-refractivity contribution in [1.29, 1.82) is 0 Å². The van der Waals surface area contributed by atoms with Gasteiger partial charge < -0.3 is 15.0 Å². The lowest BCUT2D eigenvalue weighted by Crippen LogP contribution is -2.32. The number of nitrogens with one attached hydrogen (secondary N) is 1. The highest BCUT2D eigenvalue weighted by molar-refractivity contribution is 4.55. The Kier molecular flexibility index (Phi) is 8.40. The van der Waals surface area contributed by atoms with Crippen molar-refractivity contribution in [2.45, 2.75) is 13.8 Å². The molecule has 0 radical (unpaired) electrons. The van der Waals surface area contributed by atoms with Crippen molar-refractivity contribution in [3.05, 3.63) is 0 Å². The number of rotatable bonds is 8. The van der Waals surface area contributed by atoms with Gasteiger partial charge in [-0.3, -0.25) is 0 Å². The average Bonchev–Trinajstić information content (AvgIpc) is 2.08. The molecule has 0 fully saturated rings. The van der Waals surface area contributed by atoms with E-state index in [9.17, 15) is 0 Å². The summed E-state index contributed by atoms with van der Waals surface area (Å²) in [5.41, 5.74) is 0. The molecule has 0 aliphatic carbocycles. The second kappa shape index (κ2) is 8.48. The van der Waals surface area contributed by atoms with E-state index in [1.54, 1.807) is 7.11 Å². The maximum absolute atomic E-state index is 4.99. The predicted molar refractivity (Wildman–Crippen MR) is 57.1 cm³/mol. The van der Waals surface area contributed by atoms with E-state index < -0.39 is 0 Å². The Hall–Kier alpha value is -0.120. The zero-order valence-corrected chi connectivity index (χ0v) is 9.47. The highest BCUT2D eigenvalue weighted by Crippen LogP contribution is 1.87. The van der Waals surface area contributed by atoms with Crippen LogP contribution >= 0.6 is 0 Å². The van der Waals surface area contributed by atoms with Crippen LogP contribution in [0.2, 0.25) is 0 Å². The Balaban J connectivity index is 3.12. The van der Waals surface area contributed by atoms with Crippen molar-refractivity contribution in [3.8, 4) is 0 Å². The molecule has 0 aliphatic heterocycles. The van der Waals surface area contributed by atoms with Crippen LogP contribution in [0.4, 0.5) is 0 Å². The van der Waals surface area contributed by atoms with Crippen molar-refractivity contribution in [2.75, 3.05) is 46.9 Å². The van der Waals surface area contributed by atoms with E-state index in [-0.39, 0.29) is 0 Å². The first-order valence-electron chi connectivity index (χ1n) is 5.05. The highest BCUT2D eigenvalue weighted by atomic mass is 16.5. The minimum Gasteiger partial charge on any atom is -0.383 e.